The second kappa shape index (κ2) is 10.4. The number of aromatic nitrogens is 2. The fourth-order valence-corrected chi connectivity index (χ4v) is 4.41. The number of nitrogens with one attached hydrogen (secondary N) is 3. The Morgan fingerprint density at radius 2 is 1.79 bits per heavy atom. The van der Waals surface area contributed by atoms with Crippen LogP contribution in [0.4, 0.5) is 17.2 Å². The van der Waals surface area contributed by atoms with E-state index in [1.54, 1.807) is 12.1 Å². The van der Waals surface area contributed by atoms with E-state index in [1.165, 1.54) is 18.5 Å². The van der Waals surface area contributed by atoms with Crippen LogP contribution in [-0.4, -0.2) is 30.0 Å². The van der Waals surface area contributed by atoms with Crippen LogP contribution in [0.5, 0.6) is 0 Å². The molecule has 0 saturated heterocycles. The number of primary sulfonamides is 1. The Kier molecular flexibility index (Phi) is 7.37. The molecule has 0 radical (unpaired) electrons. The van der Waals surface area contributed by atoms with Crippen LogP contribution in [0.15, 0.2) is 82.4 Å². The number of nitrogens with two attached hydrogens (primary N) is 1. The summed E-state index contributed by atoms with van der Waals surface area (Å²) in [4.78, 5) is 8.83. The lowest BCUT2D eigenvalue weighted by molar-refractivity contribution is 0.598. The molecule has 34 heavy (non-hydrogen) atoms. The van der Waals surface area contributed by atoms with Gasteiger partial charge in [-0.15, -0.1) is 0 Å². The minimum Gasteiger partial charge on any atom is -0.362 e. The van der Waals surface area contributed by atoms with Crippen molar-refractivity contribution in [1.82, 2.24) is 15.3 Å². The van der Waals surface area contributed by atoms with Gasteiger partial charge >= 0.3 is 0 Å². The predicted octanol–water partition coefficient (Wildman–Crippen LogP) is 4.31. The fraction of sp³-hybridized carbons (Fsp3) is 0.0870. The summed E-state index contributed by atoms with van der Waals surface area (Å²) in [5.74, 6) is 0.688. The Hall–Kier alpha value is -3.12. The third kappa shape index (κ3) is 6.26. The van der Waals surface area contributed by atoms with Crippen molar-refractivity contribution >= 4 is 71.4 Å². The molecular formula is C23H21BrN6O2S2. The van der Waals surface area contributed by atoms with Crippen molar-refractivity contribution in [2.24, 2.45) is 5.14 Å². The van der Waals surface area contributed by atoms with Crippen molar-refractivity contribution in [1.29, 1.82) is 0 Å². The molecule has 5 N–H and O–H groups in total. The van der Waals surface area contributed by atoms with Gasteiger partial charge in [-0.1, -0.05) is 34.1 Å². The van der Waals surface area contributed by atoms with Gasteiger partial charge in [-0.3, -0.25) is 0 Å². The highest BCUT2D eigenvalue weighted by molar-refractivity contribution is 9.10. The Bertz CT molecular complexity index is 1450. The van der Waals surface area contributed by atoms with E-state index in [2.05, 4.69) is 41.8 Å². The van der Waals surface area contributed by atoms with Crippen molar-refractivity contribution in [3.8, 4) is 0 Å². The van der Waals surface area contributed by atoms with Crippen LogP contribution < -0.4 is 21.1 Å². The van der Waals surface area contributed by atoms with Crippen molar-refractivity contribution < 1.29 is 8.42 Å². The SMILES string of the molecule is NS(=O)(=O)c1ccc(CCNC(=S)Nc2ccc3ncnc(Nc4cccc(Br)c4)c3c2)cc1. The van der Waals surface area contributed by atoms with Crippen LogP contribution in [0.3, 0.4) is 0 Å². The molecule has 0 aliphatic carbocycles. The van der Waals surface area contributed by atoms with Gasteiger partial charge in [0, 0.05) is 27.8 Å². The fourth-order valence-electron chi connectivity index (χ4n) is 3.28. The summed E-state index contributed by atoms with van der Waals surface area (Å²) in [5.41, 5.74) is 3.48. The van der Waals surface area contributed by atoms with Crippen molar-refractivity contribution in [2.45, 2.75) is 11.3 Å². The smallest absolute Gasteiger partial charge is 0.238 e. The van der Waals surface area contributed by atoms with Gasteiger partial charge in [0.15, 0.2) is 5.11 Å². The zero-order valence-corrected chi connectivity index (χ0v) is 21.0. The molecule has 174 valence electrons. The van der Waals surface area contributed by atoms with Gasteiger partial charge in [-0.2, -0.15) is 0 Å². The first-order valence-corrected chi connectivity index (χ1v) is 13.0. The van der Waals surface area contributed by atoms with Crippen molar-refractivity contribution in [3.05, 3.63) is 83.1 Å². The van der Waals surface area contributed by atoms with E-state index < -0.39 is 10.0 Å². The molecule has 0 aliphatic heterocycles. The predicted molar refractivity (Wildman–Crippen MR) is 143 cm³/mol. The lowest BCUT2D eigenvalue weighted by Gasteiger charge is -2.13. The van der Waals surface area contributed by atoms with Gasteiger partial charge in [0.2, 0.25) is 10.0 Å². The molecule has 8 nitrogen and oxygen atoms in total. The van der Waals surface area contributed by atoms with Gasteiger partial charge in [0.05, 0.1) is 10.4 Å². The molecule has 4 rings (SSSR count). The zero-order chi connectivity index (χ0) is 24.1. The number of rotatable bonds is 7. The Morgan fingerprint density at radius 3 is 2.53 bits per heavy atom. The van der Waals surface area contributed by atoms with Crippen LogP contribution >= 0.6 is 28.1 Å². The van der Waals surface area contributed by atoms with E-state index in [1.807, 2.05) is 42.5 Å². The summed E-state index contributed by atoms with van der Waals surface area (Å²) in [6, 6.07) is 20.0. The maximum atomic E-state index is 11.4. The van der Waals surface area contributed by atoms with Gasteiger partial charge in [0.25, 0.3) is 0 Å². The minimum absolute atomic E-state index is 0.0930. The highest BCUT2D eigenvalue weighted by atomic mass is 79.9. The third-order valence-corrected chi connectivity index (χ3v) is 6.60. The Balaban J connectivity index is 1.39. The lowest BCUT2D eigenvalue weighted by atomic mass is 10.1. The molecule has 1 heterocycles. The number of sulfonamides is 1. The Morgan fingerprint density at radius 1 is 1.00 bits per heavy atom. The van der Waals surface area contributed by atoms with E-state index in [-0.39, 0.29) is 4.90 Å². The summed E-state index contributed by atoms with van der Waals surface area (Å²) in [6.45, 7) is 0.576. The first-order chi connectivity index (χ1) is 16.3. The van der Waals surface area contributed by atoms with Crippen LogP contribution in [-0.2, 0) is 16.4 Å². The van der Waals surface area contributed by atoms with Gasteiger partial charge in [-0.05, 0) is 72.7 Å². The normalized spacial score (nSPS) is 11.2. The largest absolute Gasteiger partial charge is 0.362 e. The number of hydrogen-bond acceptors (Lipinski definition) is 6. The number of halogens is 1. The molecule has 3 aromatic carbocycles. The van der Waals surface area contributed by atoms with E-state index in [0.29, 0.717) is 23.9 Å². The van der Waals surface area contributed by atoms with Crippen molar-refractivity contribution in [2.75, 3.05) is 17.2 Å². The average molecular weight is 557 g/mol. The van der Waals surface area contributed by atoms with Crippen LogP contribution in [0, 0.1) is 0 Å². The number of nitrogens with zero attached hydrogens (tertiary/aromatic N) is 2. The van der Waals surface area contributed by atoms with Gasteiger partial charge in [0.1, 0.15) is 12.1 Å². The van der Waals surface area contributed by atoms with E-state index in [4.69, 9.17) is 17.4 Å². The molecule has 0 atom stereocenters. The summed E-state index contributed by atoms with van der Waals surface area (Å²) in [7, 11) is -3.69. The molecule has 0 unspecified atom stereocenters. The highest BCUT2D eigenvalue weighted by Crippen LogP contribution is 2.27. The summed E-state index contributed by atoms with van der Waals surface area (Å²) in [6.07, 6.45) is 2.19. The molecule has 0 aliphatic rings. The second-order valence-corrected chi connectivity index (χ2v) is 10.3. The number of anilines is 3. The summed E-state index contributed by atoms with van der Waals surface area (Å²) < 4.78 is 23.7. The first kappa shape index (κ1) is 24.0. The molecule has 4 aromatic rings. The lowest BCUT2D eigenvalue weighted by Crippen LogP contribution is -2.30. The monoisotopic (exact) mass is 556 g/mol. The molecule has 0 amide bonds. The molecule has 0 spiro atoms. The van der Waals surface area contributed by atoms with Crippen LogP contribution in [0.2, 0.25) is 0 Å². The van der Waals surface area contributed by atoms with E-state index in [0.717, 1.165) is 32.3 Å². The van der Waals surface area contributed by atoms with Gasteiger partial charge < -0.3 is 16.0 Å². The third-order valence-electron chi connectivity index (χ3n) is 4.93. The number of thiocarbonyl (C=S) groups is 1. The van der Waals surface area contributed by atoms with Crippen molar-refractivity contribution in [3.63, 3.8) is 0 Å². The highest BCUT2D eigenvalue weighted by Gasteiger charge is 2.08. The number of hydrogen-bond donors (Lipinski definition) is 4. The second-order valence-electron chi connectivity index (χ2n) is 7.41. The average Bonchev–Trinajstić information content (AvgIpc) is 2.79. The Labute approximate surface area is 211 Å². The molecule has 1 aromatic heterocycles. The van der Waals surface area contributed by atoms with E-state index >= 15 is 0 Å². The quantitative estimate of drug-likeness (QED) is 0.248. The number of fused-ring (bicyclic) bond motifs is 1. The maximum Gasteiger partial charge on any atom is 0.238 e. The maximum absolute atomic E-state index is 11.4. The van der Waals surface area contributed by atoms with Crippen LogP contribution in [0.25, 0.3) is 10.9 Å². The molecule has 11 heteroatoms. The molecular weight excluding hydrogens is 536 g/mol. The zero-order valence-electron chi connectivity index (χ0n) is 17.8. The molecule has 0 bridgehead atoms. The summed E-state index contributed by atoms with van der Waals surface area (Å²) >= 11 is 8.90. The minimum atomic E-state index is -3.69. The molecule has 0 saturated carbocycles. The van der Waals surface area contributed by atoms with Crippen LogP contribution in [0.1, 0.15) is 5.56 Å². The van der Waals surface area contributed by atoms with E-state index in [9.17, 15) is 8.42 Å². The number of benzene rings is 3. The summed E-state index contributed by atoms with van der Waals surface area (Å²) in [5, 5.41) is 16.1. The van der Waals surface area contributed by atoms with Gasteiger partial charge in [-0.25, -0.2) is 23.5 Å². The first-order valence-electron chi connectivity index (χ1n) is 10.2. The standard InChI is InChI=1S/C23H21BrN6O2S2/c24-16-2-1-3-17(12-16)29-22-20-13-18(6-9-21(20)27-14-28-22)30-23(33)26-11-10-15-4-7-19(8-5-15)34(25,31)32/h1-9,12-14H,10-11H2,(H2,25,31,32)(H2,26,30,33)(H,27,28,29). The molecule has 0 fully saturated rings. The topological polar surface area (TPSA) is 122 Å².